The Morgan fingerprint density at radius 3 is 3.12 bits per heavy atom. The Hall–Kier alpha value is -1.55. The second-order valence-electron chi connectivity index (χ2n) is 4.26. The molecule has 0 spiro atoms. The van der Waals surface area contributed by atoms with Crippen molar-refractivity contribution in [3.05, 3.63) is 29.8 Å². The molecule has 1 aromatic rings. The van der Waals surface area contributed by atoms with Crippen LogP contribution in [0.5, 0.6) is 5.75 Å². The molecule has 0 aliphatic carbocycles. The minimum Gasteiger partial charge on any atom is -0.493 e. The van der Waals surface area contributed by atoms with E-state index in [0.29, 0.717) is 12.5 Å². The Morgan fingerprint density at radius 1 is 1.53 bits per heavy atom. The second-order valence-corrected chi connectivity index (χ2v) is 4.26. The van der Waals surface area contributed by atoms with Gasteiger partial charge in [0.15, 0.2) is 0 Å². The highest BCUT2D eigenvalue weighted by Gasteiger charge is 2.16. The molecule has 2 rings (SSSR count). The van der Waals surface area contributed by atoms with Crippen molar-refractivity contribution in [3.63, 3.8) is 0 Å². The highest BCUT2D eigenvalue weighted by Crippen LogP contribution is 2.17. The maximum Gasteiger partial charge on any atom is 0.307 e. The molecule has 1 aliphatic heterocycles. The molecule has 0 bridgehead atoms. The zero-order valence-electron chi connectivity index (χ0n) is 9.59. The number of ether oxygens (including phenoxy) is 2. The van der Waals surface area contributed by atoms with Gasteiger partial charge in [-0.2, -0.15) is 0 Å². The van der Waals surface area contributed by atoms with Crippen molar-refractivity contribution in [3.8, 4) is 5.75 Å². The summed E-state index contributed by atoms with van der Waals surface area (Å²) in [7, 11) is 0. The highest BCUT2D eigenvalue weighted by atomic mass is 16.5. The molecule has 0 saturated carbocycles. The zero-order valence-corrected chi connectivity index (χ0v) is 9.59. The predicted octanol–water partition coefficient (Wildman–Crippen LogP) is 1.73. The highest BCUT2D eigenvalue weighted by molar-refractivity contribution is 5.70. The molecule has 1 aromatic carbocycles. The summed E-state index contributed by atoms with van der Waals surface area (Å²) >= 11 is 0. The van der Waals surface area contributed by atoms with E-state index in [1.54, 1.807) is 12.1 Å². The van der Waals surface area contributed by atoms with Gasteiger partial charge in [-0.1, -0.05) is 12.1 Å². The van der Waals surface area contributed by atoms with Crippen LogP contribution in [-0.4, -0.2) is 30.9 Å². The molecule has 92 valence electrons. The molecule has 1 atom stereocenters. The fraction of sp³-hybridized carbons (Fsp3) is 0.462. The van der Waals surface area contributed by atoms with Crippen LogP contribution in [0, 0.1) is 5.92 Å². The summed E-state index contributed by atoms with van der Waals surface area (Å²) in [5, 5.41) is 8.70. The SMILES string of the molecule is O=C(O)Cc1cccc(OCC2CCOC2)c1. The van der Waals surface area contributed by atoms with Gasteiger partial charge in [-0.25, -0.2) is 0 Å². The van der Waals surface area contributed by atoms with Crippen molar-refractivity contribution in [2.75, 3.05) is 19.8 Å². The van der Waals surface area contributed by atoms with Gasteiger partial charge in [0.1, 0.15) is 5.75 Å². The van der Waals surface area contributed by atoms with Gasteiger partial charge in [0, 0.05) is 12.5 Å². The first-order valence-corrected chi connectivity index (χ1v) is 5.75. The Labute approximate surface area is 100 Å². The van der Waals surface area contributed by atoms with E-state index in [-0.39, 0.29) is 6.42 Å². The topological polar surface area (TPSA) is 55.8 Å². The number of carboxylic acid groups (broad SMARTS) is 1. The molecular weight excluding hydrogens is 220 g/mol. The van der Waals surface area contributed by atoms with Gasteiger partial charge < -0.3 is 14.6 Å². The molecule has 1 fully saturated rings. The molecular formula is C13H16O4. The first kappa shape index (κ1) is 11.9. The molecule has 1 saturated heterocycles. The lowest BCUT2D eigenvalue weighted by Gasteiger charge is -2.10. The van der Waals surface area contributed by atoms with E-state index >= 15 is 0 Å². The van der Waals surface area contributed by atoms with Crippen LogP contribution >= 0.6 is 0 Å². The maximum atomic E-state index is 10.6. The number of benzene rings is 1. The van der Waals surface area contributed by atoms with Crippen molar-refractivity contribution in [2.45, 2.75) is 12.8 Å². The summed E-state index contributed by atoms with van der Waals surface area (Å²) < 4.78 is 10.9. The van der Waals surface area contributed by atoms with Crippen LogP contribution in [0.4, 0.5) is 0 Å². The minimum absolute atomic E-state index is 0.0315. The summed E-state index contributed by atoms with van der Waals surface area (Å²) in [5.74, 6) is 0.361. The first-order chi connectivity index (χ1) is 8.24. The number of hydrogen-bond donors (Lipinski definition) is 1. The van der Waals surface area contributed by atoms with Crippen molar-refractivity contribution >= 4 is 5.97 Å². The van der Waals surface area contributed by atoms with E-state index in [1.807, 2.05) is 12.1 Å². The van der Waals surface area contributed by atoms with Gasteiger partial charge >= 0.3 is 5.97 Å². The molecule has 4 heteroatoms. The Kier molecular flexibility index (Phi) is 3.98. The molecule has 1 unspecified atom stereocenters. The first-order valence-electron chi connectivity index (χ1n) is 5.75. The summed E-state index contributed by atoms with van der Waals surface area (Å²) in [6.07, 6.45) is 1.07. The van der Waals surface area contributed by atoms with Crippen molar-refractivity contribution in [1.82, 2.24) is 0 Å². The van der Waals surface area contributed by atoms with Crippen molar-refractivity contribution in [2.24, 2.45) is 5.92 Å². The maximum absolute atomic E-state index is 10.6. The van der Waals surface area contributed by atoms with Crippen molar-refractivity contribution < 1.29 is 19.4 Å². The standard InChI is InChI=1S/C13H16O4/c14-13(15)7-10-2-1-3-12(6-10)17-9-11-4-5-16-8-11/h1-3,6,11H,4-5,7-9H2,(H,14,15). The lowest BCUT2D eigenvalue weighted by Crippen LogP contribution is -2.11. The van der Waals surface area contributed by atoms with Crippen LogP contribution in [0.15, 0.2) is 24.3 Å². The van der Waals surface area contributed by atoms with Crippen LogP contribution in [0.25, 0.3) is 0 Å². The fourth-order valence-corrected chi connectivity index (χ4v) is 1.85. The van der Waals surface area contributed by atoms with Crippen LogP contribution in [0.2, 0.25) is 0 Å². The predicted molar refractivity (Wildman–Crippen MR) is 62.2 cm³/mol. The summed E-state index contributed by atoms with van der Waals surface area (Å²) in [6, 6.07) is 7.24. The van der Waals surface area contributed by atoms with E-state index < -0.39 is 5.97 Å². The van der Waals surface area contributed by atoms with Crippen LogP contribution in [0.3, 0.4) is 0 Å². The van der Waals surface area contributed by atoms with Crippen LogP contribution in [-0.2, 0) is 16.0 Å². The normalized spacial score (nSPS) is 19.2. The lowest BCUT2D eigenvalue weighted by atomic mass is 10.1. The molecule has 0 amide bonds. The monoisotopic (exact) mass is 236 g/mol. The van der Waals surface area contributed by atoms with Gasteiger partial charge in [0.25, 0.3) is 0 Å². The minimum atomic E-state index is -0.827. The van der Waals surface area contributed by atoms with Gasteiger partial charge in [0.2, 0.25) is 0 Å². The Bertz CT molecular complexity index is 383. The van der Waals surface area contributed by atoms with E-state index in [0.717, 1.165) is 30.9 Å². The summed E-state index contributed by atoms with van der Waals surface area (Å²) in [5.41, 5.74) is 0.762. The second kappa shape index (κ2) is 5.68. The Morgan fingerprint density at radius 2 is 2.41 bits per heavy atom. The van der Waals surface area contributed by atoms with Gasteiger partial charge in [-0.3, -0.25) is 4.79 Å². The van der Waals surface area contributed by atoms with E-state index in [1.165, 1.54) is 0 Å². The molecule has 1 N–H and O–H groups in total. The average Bonchev–Trinajstić information content (AvgIpc) is 2.79. The largest absolute Gasteiger partial charge is 0.493 e. The fourth-order valence-electron chi connectivity index (χ4n) is 1.85. The van der Waals surface area contributed by atoms with E-state index in [9.17, 15) is 4.79 Å². The molecule has 1 aliphatic rings. The molecule has 4 nitrogen and oxygen atoms in total. The lowest BCUT2D eigenvalue weighted by molar-refractivity contribution is -0.136. The number of hydrogen-bond acceptors (Lipinski definition) is 3. The van der Waals surface area contributed by atoms with Gasteiger partial charge in [-0.05, 0) is 24.1 Å². The van der Waals surface area contributed by atoms with Crippen LogP contribution in [0.1, 0.15) is 12.0 Å². The third-order valence-corrected chi connectivity index (χ3v) is 2.76. The van der Waals surface area contributed by atoms with Crippen molar-refractivity contribution in [1.29, 1.82) is 0 Å². The van der Waals surface area contributed by atoms with Crippen LogP contribution < -0.4 is 4.74 Å². The summed E-state index contributed by atoms with van der Waals surface area (Å²) in [6.45, 7) is 2.21. The number of carbonyl (C=O) groups is 1. The number of aliphatic carboxylic acids is 1. The smallest absolute Gasteiger partial charge is 0.307 e. The molecule has 1 heterocycles. The zero-order chi connectivity index (χ0) is 12.1. The van der Waals surface area contributed by atoms with Gasteiger partial charge in [0.05, 0.1) is 19.6 Å². The quantitative estimate of drug-likeness (QED) is 0.845. The van der Waals surface area contributed by atoms with E-state index in [4.69, 9.17) is 14.6 Å². The number of carboxylic acids is 1. The molecule has 0 radical (unpaired) electrons. The van der Waals surface area contributed by atoms with E-state index in [2.05, 4.69) is 0 Å². The molecule has 17 heavy (non-hydrogen) atoms. The van der Waals surface area contributed by atoms with Gasteiger partial charge in [-0.15, -0.1) is 0 Å². The number of rotatable bonds is 5. The molecule has 0 aromatic heterocycles. The average molecular weight is 236 g/mol. The summed E-state index contributed by atoms with van der Waals surface area (Å²) in [4.78, 5) is 10.6. The third-order valence-electron chi connectivity index (χ3n) is 2.76. The Balaban J connectivity index is 1.88. The third kappa shape index (κ3) is 3.75.